The summed E-state index contributed by atoms with van der Waals surface area (Å²) >= 11 is 0. The van der Waals surface area contributed by atoms with Gasteiger partial charge in [0.15, 0.2) is 0 Å². The van der Waals surface area contributed by atoms with Gasteiger partial charge in [-0.2, -0.15) is 13.2 Å². The number of benzene rings is 1. The molecule has 0 bridgehead atoms. The van der Waals surface area contributed by atoms with Crippen LogP contribution in [-0.4, -0.2) is 15.6 Å². The Labute approximate surface area is 117 Å². The molecule has 2 rings (SSSR count). The van der Waals surface area contributed by atoms with Crippen molar-refractivity contribution in [3.63, 3.8) is 0 Å². The Morgan fingerprint density at radius 3 is 2.43 bits per heavy atom. The second-order valence-electron chi connectivity index (χ2n) is 4.34. The monoisotopic (exact) mass is 297 g/mol. The molecule has 21 heavy (non-hydrogen) atoms. The number of alkyl halides is 3. The summed E-state index contributed by atoms with van der Waals surface area (Å²) in [5.41, 5.74) is -1.52. The Bertz CT molecular complexity index is 735. The second kappa shape index (κ2) is 5.43. The summed E-state index contributed by atoms with van der Waals surface area (Å²) in [6.07, 6.45) is -4.49. The van der Waals surface area contributed by atoms with E-state index in [0.717, 1.165) is 22.8 Å². The molecule has 1 aromatic heterocycles. The predicted molar refractivity (Wildman–Crippen MR) is 68.2 cm³/mol. The van der Waals surface area contributed by atoms with E-state index >= 15 is 0 Å². The standard InChI is InChI=1S/C14H10F3NO3/c15-14(16,17)10-4-1-3-9(7-10)8-18-11(13(20)21)5-2-6-12(18)19/h1-7H,8H2,(H,20,21). The third-order valence-electron chi connectivity index (χ3n) is 2.86. The lowest BCUT2D eigenvalue weighted by Gasteiger charge is -2.12. The molecular formula is C14H10F3NO3. The van der Waals surface area contributed by atoms with E-state index in [0.29, 0.717) is 0 Å². The Balaban J connectivity index is 2.44. The number of aromatic nitrogens is 1. The zero-order valence-electron chi connectivity index (χ0n) is 10.6. The van der Waals surface area contributed by atoms with Crippen molar-refractivity contribution in [2.45, 2.75) is 12.7 Å². The highest BCUT2D eigenvalue weighted by Crippen LogP contribution is 2.29. The first kappa shape index (κ1) is 14.8. The zero-order chi connectivity index (χ0) is 15.6. The molecule has 0 amide bonds. The first-order valence-electron chi connectivity index (χ1n) is 5.88. The Morgan fingerprint density at radius 2 is 1.81 bits per heavy atom. The number of carboxylic acid groups (broad SMARTS) is 1. The number of halogens is 3. The van der Waals surface area contributed by atoms with E-state index in [-0.39, 0.29) is 17.8 Å². The molecule has 0 aliphatic rings. The van der Waals surface area contributed by atoms with Crippen LogP contribution in [0.15, 0.2) is 47.3 Å². The SMILES string of the molecule is O=C(O)c1cccc(=O)n1Cc1cccc(C(F)(F)F)c1. The van der Waals surface area contributed by atoms with Crippen molar-refractivity contribution in [3.8, 4) is 0 Å². The molecule has 2 aromatic rings. The minimum Gasteiger partial charge on any atom is -0.477 e. The van der Waals surface area contributed by atoms with E-state index in [4.69, 9.17) is 5.11 Å². The van der Waals surface area contributed by atoms with Gasteiger partial charge in [0.05, 0.1) is 12.1 Å². The van der Waals surface area contributed by atoms with Gasteiger partial charge in [-0.3, -0.25) is 9.36 Å². The number of carboxylic acids is 1. The number of hydrogen-bond acceptors (Lipinski definition) is 2. The van der Waals surface area contributed by atoms with Crippen LogP contribution in [-0.2, 0) is 12.7 Å². The molecule has 0 aliphatic carbocycles. The summed E-state index contributed by atoms with van der Waals surface area (Å²) in [6, 6.07) is 8.08. The molecule has 0 spiro atoms. The highest BCUT2D eigenvalue weighted by Gasteiger charge is 2.30. The van der Waals surface area contributed by atoms with Gasteiger partial charge in [-0.05, 0) is 23.8 Å². The fourth-order valence-electron chi connectivity index (χ4n) is 1.90. The summed E-state index contributed by atoms with van der Waals surface area (Å²) in [5, 5.41) is 9.01. The summed E-state index contributed by atoms with van der Waals surface area (Å²) in [7, 11) is 0. The van der Waals surface area contributed by atoms with E-state index < -0.39 is 23.3 Å². The highest BCUT2D eigenvalue weighted by atomic mass is 19.4. The topological polar surface area (TPSA) is 59.3 Å². The van der Waals surface area contributed by atoms with Gasteiger partial charge in [0.2, 0.25) is 0 Å². The lowest BCUT2D eigenvalue weighted by Crippen LogP contribution is -2.25. The molecule has 0 saturated carbocycles. The van der Waals surface area contributed by atoms with Crippen LogP contribution >= 0.6 is 0 Å². The summed E-state index contributed by atoms with van der Waals surface area (Å²) in [4.78, 5) is 22.8. The van der Waals surface area contributed by atoms with Crippen molar-refractivity contribution in [1.82, 2.24) is 4.57 Å². The van der Waals surface area contributed by atoms with Gasteiger partial charge in [-0.15, -0.1) is 0 Å². The normalized spacial score (nSPS) is 11.4. The minimum absolute atomic E-state index is 0.195. The molecule has 1 heterocycles. The smallest absolute Gasteiger partial charge is 0.416 e. The van der Waals surface area contributed by atoms with Crippen molar-refractivity contribution < 1.29 is 23.1 Å². The zero-order valence-corrected chi connectivity index (χ0v) is 10.6. The molecule has 110 valence electrons. The molecule has 7 heteroatoms. The number of hydrogen-bond donors (Lipinski definition) is 1. The van der Waals surface area contributed by atoms with Gasteiger partial charge in [0.1, 0.15) is 5.69 Å². The third kappa shape index (κ3) is 3.31. The van der Waals surface area contributed by atoms with Crippen LogP contribution in [0.1, 0.15) is 21.6 Å². The molecular weight excluding hydrogens is 287 g/mol. The van der Waals surface area contributed by atoms with Crippen molar-refractivity contribution >= 4 is 5.97 Å². The summed E-state index contributed by atoms with van der Waals surface area (Å²) in [5.74, 6) is -1.32. The summed E-state index contributed by atoms with van der Waals surface area (Å²) < 4.78 is 38.8. The van der Waals surface area contributed by atoms with Crippen LogP contribution in [0.4, 0.5) is 13.2 Å². The molecule has 0 unspecified atom stereocenters. The average Bonchev–Trinajstić information content (AvgIpc) is 2.40. The number of carbonyl (C=O) groups is 1. The molecule has 1 aromatic carbocycles. The molecule has 0 saturated heterocycles. The lowest BCUT2D eigenvalue weighted by molar-refractivity contribution is -0.137. The lowest BCUT2D eigenvalue weighted by atomic mass is 10.1. The van der Waals surface area contributed by atoms with Crippen LogP contribution in [0.25, 0.3) is 0 Å². The third-order valence-corrected chi connectivity index (χ3v) is 2.86. The number of pyridine rings is 1. The van der Waals surface area contributed by atoms with Crippen molar-refractivity contribution in [2.75, 3.05) is 0 Å². The molecule has 0 fully saturated rings. The van der Waals surface area contributed by atoms with Gasteiger partial charge in [-0.1, -0.05) is 18.2 Å². The molecule has 0 aliphatic heterocycles. The van der Waals surface area contributed by atoms with E-state index in [1.807, 2.05) is 0 Å². The number of rotatable bonds is 3. The number of nitrogens with zero attached hydrogens (tertiary/aromatic N) is 1. The maximum absolute atomic E-state index is 12.6. The van der Waals surface area contributed by atoms with Gasteiger partial charge in [0.25, 0.3) is 5.56 Å². The van der Waals surface area contributed by atoms with Gasteiger partial charge in [0, 0.05) is 6.07 Å². The molecule has 4 nitrogen and oxygen atoms in total. The van der Waals surface area contributed by atoms with Crippen molar-refractivity contribution in [1.29, 1.82) is 0 Å². The minimum atomic E-state index is -4.49. The highest BCUT2D eigenvalue weighted by molar-refractivity contribution is 5.85. The fraction of sp³-hybridized carbons (Fsp3) is 0.143. The maximum atomic E-state index is 12.6. The second-order valence-corrected chi connectivity index (χ2v) is 4.34. The fourth-order valence-corrected chi connectivity index (χ4v) is 1.90. The largest absolute Gasteiger partial charge is 0.477 e. The molecule has 0 atom stereocenters. The number of aromatic carboxylic acids is 1. The molecule has 1 N–H and O–H groups in total. The maximum Gasteiger partial charge on any atom is 0.416 e. The Kier molecular flexibility index (Phi) is 3.84. The van der Waals surface area contributed by atoms with E-state index in [1.165, 1.54) is 24.3 Å². The van der Waals surface area contributed by atoms with Gasteiger partial charge in [-0.25, -0.2) is 4.79 Å². The van der Waals surface area contributed by atoms with Gasteiger partial charge >= 0.3 is 12.1 Å². The predicted octanol–water partition coefficient (Wildman–Crippen LogP) is 2.61. The van der Waals surface area contributed by atoms with Crippen molar-refractivity contribution in [3.05, 3.63) is 69.6 Å². The van der Waals surface area contributed by atoms with E-state index in [1.54, 1.807) is 0 Å². The average molecular weight is 297 g/mol. The van der Waals surface area contributed by atoms with Crippen LogP contribution in [0, 0.1) is 0 Å². The van der Waals surface area contributed by atoms with E-state index in [9.17, 15) is 22.8 Å². The Morgan fingerprint density at radius 1 is 1.14 bits per heavy atom. The quantitative estimate of drug-likeness (QED) is 0.947. The first-order chi connectivity index (χ1) is 9.79. The van der Waals surface area contributed by atoms with Crippen LogP contribution in [0.3, 0.4) is 0 Å². The van der Waals surface area contributed by atoms with Crippen LogP contribution in [0.5, 0.6) is 0 Å². The first-order valence-corrected chi connectivity index (χ1v) is 5.88. The van der Waals surface area contributed by atoms with Crippen LogP contribution in [0.2, 0.25) is 0 Å². The van der Waals surface area contributed by atoms with Crippen molar-refractivity contribution in [2.24, 2.45) is 0 Å². The van der Waals surface area contributed by atoms with E-state index in [2.05, 4.69) is 0 Å². The Hall–Kier alpha value is -2.57. The molecule has 0 radical (unpaired) electrons. The summed E-state index contributed by atoms with van der Waals surface area (Å²) in [6.45, 7) is -0.245. The van der Waals surface area contributed by atoms with Crippen LogP contribution < -0.4 is 5.56 Å². The van der Waals surface area contributed by atoms with Gasteiger partial charge < -0.3 is 5.11 Å².